The maximum Gasteiger partial charge on any atom is 0.0314 e. The number of rotatable bonds is 3. The van der Waals surface area contributed by atoms with Gasteiger partial charge in [0, 0.05) is 16.8 Å². The lowest BCUT2D eigenvalue weighted by molar-refractivity contribution is 0.260. The van der Waals surface area contributed by atoms with E-state index in [-0.39, 0.29) is 5.41 Å². The predicted molar refractivity (Wildman–Crippen MR) is 94.7 cm³/mol. The Morgan fingerprint density at radius 2 is 1.23 bits per heavy atom. The van der Waals surface area contributed by atoms with Crippen molar-refractivity contribution in [3.63, 3.8) is 0 Å². The average Bonchev–Trinajstić information content (AvgIpc) is 2.56. The quantitative estimate of drug-likeness (QED) is 0.803. The average molecular weight is 294 g/mol. The molecule has 0 bridgehead atoms. The van der Waals surface area contributed by atoms with Crippen molar-refractivity contribution in [2.24, 2.45) is 5.92 Å². The van der Waals surface area contributed by atoms with Crippen LogP contribution in [0.25, 0.3) is 0 Å². The van der Waals surface area contributed by atoms with E-state index in [0.29, 0.717) is 0 Å². The normalized spacial score (nSPS) is 18.2. The van der Waals surface area contributed by atoms with E-state index in [9.17, 15) is 0 Å². The topological polar surface area (TPSA) is 52.0 Å². The van der Waals surface area contributed by atoms with Crippen molar-refractivity contribution in [1.82, 2.24) is 0 Å². The zero-order chi connectivity index (χ0) is 15.6. The molecule has 0 atom stereocenters. The van der Waals surface area contributed by atoms with Gasteiger partial charge in [-0.25, -0.2) is 0 Å². The highest BCUT2D eigenvalue weighted by Crippen LogP contribution is 2.47. The number of hydrogen-bond acceptors (Lipinski definition) is 2. The van der Waals surface area contributed by atoms with Crippen LogP contribution in [0.15, 0.2) is 48.5 Å². The molecule has 0 unspecified atom stereocenters. The molecule has 1 aliphatic rings. The molecule has 22 heavy (non-hydrogen) atoms. The summed E-state index contributed by atoms with van der Waals surface area (Å²) in [6.07, 6.45) is 6.30. The molecule has 1 aliphatic carbocycles. The molecule has 2 aromatic carbocycles. The zero-order valence-corrected chi connectivity index (χ0v) is 13.4. The molecule has 2 nitrogen and oxygen atoms in total. The monoisotopic (exact) mass is 294 g/mol. The van der Waals surface area contributed by atoms with Crippen LogP contribution in [-0.2, 0) is 5.41 Å². The van der Waals surface area contributed by atoms with Gasteiger partial charge in [-0.3, -0.25) is 0 Å². The summed E-state index contributed by atoms with van der Waals surface area (Å²) in [4.78, 5) is 0. The number of benzene rings is 2. The van der Waals surface area contributed by atoms with E-state index in [1.807, 2.05) is 24.3 Å². The van der Waals surface area contributed by atoms with E-state index in [1.165, 1.54) is 43.2 Å². The Bertz CT molecular complexity index is 558. The molecule has 0 radical (unpaired) electrons. The minimum absolute atomic E-state index is 0.118. The maximum absolute atomic E-state index is 5.88. The molecule has 2 heteroatoms. The van der Waals surface area contributed by atoms with Gasteiger partial charge in [0.25, 0.3) is 0 Å². The van der Waals surface area contributed by atoms with Gasteiger partial charge in [-0.15, -0.1) is 0 Å². The number of nitrogens with two attached hydrogens (primary N) is 2. The predicted octanol–water partition coefficient (Wildman–Crippen LogP) is 4.74. The Morgan fingerprint density at radius 3 is 1.59 bits per heavy atom. The van der Waals surface area contributed by atoms with Crippen LogP contribution < -0.4 is 11.5 Å². The first-order chi connectivity index (χ1) is 10.6. The van der Waals surface area contributed by atoms with Gasteiger partial charge in [0.15, 0.2) is 0 Å². The summed E-state index contributed by atoms with van der Waals surface area (Å²) in [6, 6.07) is 16.9. The Hall–Kier alpha value is -1.96. The van der Waals surface area contributed by atoms with Crippen molar-refractivity contribution in [3.05, 3.63) is 59.7 Å². The third kappa shape index (κ3) is 2.70. The second-order valence-corrected chi connectivity index (χ2v) is 6.68. The molecule has 0 heterocycles. The van der Waals surface area contributed by atoms with Crippen LogP contribution in [0.3, 0.4) is 0 Å². The van der Waals surface area contributed by atoms with Crippen molar-refractivity contribution in [1.29, 1.82) is 0 Å². The summed E-state index contributed by atoms with van der Waals surface area (Å²) in [7, 11) is 0. The highest BCUT2D eigenvalue weighted by molar-refractivity contribution is 5.49. The van der Waals surface area contributed by atoms with Gasteiger partial charge < -0.3 is 11.5 Å². The van der Waals surface area contributed by atoms with Crippen LogP contribution in [0, 0.1) is 5.92 Å². The summed E-state index contributed by atoms with van der Waals surface area (Å²) in [5.74, 6) is 0.871. The molecular weight excluding hydrogens is 268 g/mol. The van der Waals surface area contributed by atoms with E-state index in [0.717, 1.165) is 17.3 Å². The Labute approximate surface area is 133 Å². The van der Waals surface area contributed by atoms with Gasteiger partial charge in [-0.1, -0.05) is 37.6 Å². The minimum atomic E-state index is 0.118. The molecular formula is C20H26N2. The molecule has 2 aromatic rings. The molecule has 116 valence electrons. The summed E-state index contributed by atoms with van der Waals surface area (Å²) in [5.41, 5.74) is 16.3. The molecule has 3 rings (SSSR count). The smallest absolute Gasteiger partial charge is 0.0314 e. The molecule has 0 saturated heterocycles. The summed E-state index contributed by atoms with van der Waals surface area (Å²) < 4.78 is 0. The fourth-order valence-corrected chi connectivity index (χ4v) is 3.93. The van der Waals surface area contributed by atoms with Gasteiger partial charge in [0.1, 0.15) is 0 Å². The third-order valence-electron chi connectivity index (χ3n) is 5.46. The van der Waals surface area contributed by atoms with Gasteiger partial charge in [0.05, 0.1) is 0 Å². The SMILES string of the molecule is CCC1CCC(c2ccc(N)cc2)(c2ccc(N)cc2)CC1. The van der Waals surface area contributed by atoms with Crippen LogP contribution in [0.2, 0.25) is 0 Å². The van der Waals surface area contributed by atoms with Crippen molar-refractivity contribution >= 4 is 11.4 Å². The van der Waals surface area contributed by atoms with Crippen LogP contribution in [0.1, 0.15) is 50.2 Å². The molecule has 1 saturated carbocycles. The van der Waals surface area contributed by atoms with Crippen LogP contribution in [0.5, 0.6) is 0 Å². The molecule has 0 amide bonds. The third-order valence-corrected chi connectivity index (χ3v) is 5.46. The largest absolute Gasteiger partial charge is 0.399 e. The van der Waals surface area contributed by atoms with Gasteiger partial charge in [-0.2, -0.15) is 0 Å². The molecule has 0 aliphatic heterocycles. The lowest BCUT2D eigenvalue weighted by atomic mass is 9.63. The van der Waals surface area contributed by atoms with Crippen LogP contribution in [0.4, 0.5) is 11.4 Å². The molecule has 0 aromatic heterocycles. The van der Waals surface area contributed by atoms with E-state index >= 15 is 0 Å². The Morgan fingerprint density at radius 1 is 0.818 bits per heavy atom. The van der Waals surface area contributed by atoms with Crippen molar-refractivity contribution < 1.29 is 0 Å². The maximum atomic E-state index is 5.88. The van der Waals surface area contributed by atoms with E-state index < -0.39 is 0 Å². The first-order valence-electron chi connectivity index (χ1n) is 8.36. The first-order valence-corrected chi connectivity index (χ1v) is 8.36. The molecule has 1 fully saturated rings. The highest BCUT2D eigenvalue weighted by atomic mass is 14.5. The number of hydrogen-bond donors (Lipinski definition) is 2. The molecule has 0 spiro atoms. The second kappa shape index (κ2) is 6.04. The zero-order valence-electron chi connectivity index (χ0n) is 13.4. The highest BCUT2D eigenvalue weighted by Gasteiger charge is 2.37. The fraction of sp³-hybridized carbons (Fsp3) is 0.400. The van der Waals surface area contributed by atoms with Crippen molar-refractivity contribution in [3.8, 4) is 0 Å². The minimum Gasteiger partial charge on any atom is -0.399 e. The Kier molecular flexibility index (Phi) is 4.10. The lowest BCUT2D eigenvalue weighted by Crippen LogP contribution is -2.33. The summed E-state index contributed by atoms with van der Waals surface area (Å²) in [5, 5.41) is 0. The summed E-state index contributed by atoms with van der Waals surface area (Å²) >= 11 is 0. The standard InChI is InChI=1S/C20H26N2/c1-2-15-11-13-20(14-12-15,16-3-7-18(21)8-4-16)17-5-9-19(22)10-6-17/h3-10,15H,2,11-14,21-22H2,1H3. The number of nitrogen functional groups attached to an aromatic ring is 2. The Balaban J connectivity index is 2.02. The fourth-order valence-electron chi connectivity index (χ4n) is 3.93. The van der Waals surface area contributed by atoms with E-state index in [1.54, 1.807) is 0 Å². The lowest BCUT2D eigenvalue weighted by Gasteiger charge is -2.41. The second-order valence-electron chi connectivity index (χ2n) is 6.68. The number of anilines is 2. The van der Waals surface area contributed by atoms with E-state index in [2.05, 4.69) is 31.2 Å². The molecule has 4 N–H and O–H groups in total. The van der Waals surface area contributed by atoms with Gasteiger partial charge >= 0.3 is 0 Å². The van der Waals surface area contributed by atoms with Crippen LogP contribution >= 0.6 is 0 Å². The van der Waals surface area contributed by atoms with Crippen LogP contribution in [-0.4, -0.2) is 0 Å². The van der Waals surface area contributed by atoms with Crippen molar-refractivity contribution in [2.75, 3.05) is 11.5 Å². The van der Waals surface area contributed by atoms with Gasteiger partial charge in [-0.05, 0) is 67.0 Å². The summed E-state index contributed by atoms with van der Waals surface area (Å²) in [6.45, 7) is 2.31. The first kappa shape index (κ1) is 15.0. The van der Waals surface area contributed by atoms with E-state index in [4.69, 9.17) is 11.5 Å². The van der Waals surface area contributed by atoms with Gasteiger partial charge in [0.2, 0.25) is 0 Å². The van der Waals surface area contributed by atoms with Crippen molar-refractivity contribution in [2.45, 2.75) is 44.4 Å².